The van der Waals surface area contributed by atoms with Crippen molar-refractivity contribution in [1.82, 2.24) is 10.2 Å². The number of hydrogen-bond donors (Lipinski definition) is 4. The van der Waals surface area contributed by atoms with E-state index in [-0.39, 0.29) is 41.1 Å². The van der Waals surface area contributed by atoms with Gasteiger partial charge in [-0.2, -0.15) is 0 Å². The summed E-state index contributed by atoms with van der Waals surface area (Å²) in [5.74, 6) is 1.46. The van der Waals surface area contributed by atoms with Gasteiger partial charge in [-0.1, -0.05) is 6.07 Å². The Labute approximate surface area is 206 Å². The van der Waals surface area contributed by atoms with Crippen molar-refractivity contribution in [3.05, 3.63) is 23.3 Å². The van der Waals surface area contributed by atoms with Crippen molar-refractivity contribution < 1.29 is 24.5 Å². The molecule has 1 saturated heterocycles. The molecule has 2 heterocycles. The number of nitrogens with zero attached hydrogens (tertiary/aromatic N) is 1. The van der Waals surface area contributed by atoms with E-state index in [1.54, 1.807) is 13.2 Å². The minimum Gasteiger partial charge on any atom is -0.504 e. The molecule has 0 unspecified atom stereocenters. The predicted molar refractivity (Wildman–Crippen MR) is 128 cm³/mol. The zero-order valence-electron chi connectivity index (χ0n) is 20.5. The first-order chi connectivity index (χ1) is 16.9. The Morgan fingerprint density at radius 1 is 1.34 bits per heavy atom. The molecular formula is C27H37N3O5. The molecule has 7 atom stereocenters. The highest BCUT2D eigenvalue weighted by Gasteiger charge is 2.80. The predicted octanol–water partition coefficient (Wildman–Crippen LogP) is 1.05. The topological polar surface area (TPSA) is 117 Å². The third-order valence-corrected chi connectivity index (χ3v) is 10.9. The van der Waals surface area contributed by atoms with Crippen LogP contribution >= 0.6 is 0 Å². The minimum absolute atomic E-state index is 0.0195. The van der Waals surface area contributed by atoms with Gasteiger partial charge >= 0.3 is 0 Å². The highest BCUT2D eigenvalue weighted by molar-refractivity contribution is 5.81. The van der Waals surface area contributed by atoms with E-state index in [0.717, 1.165) is 44.6 Å². The Bertz CT molecular complexity index is 1080. The number of carbonyl (C=O) groups excluding carboxylic acids is 1. The van der Waals surface area contributed by atoms with Crippen molar-refractivity contribution in [2.45, 2.75) is 74.1 Å². The number of aliphatic hydroxyl groups excluding tert-OH is 1. The number of amides is 1. The number of likely N-dealkylation sites (tertiary alicyclic amines) is 1. The standard InChI is InChI=1S/C27H37N3O5/c1-34-27-7-6-25(11-17(27)12-29-23(33)18(28)14-31)20-10-16-4-5-19(32)22-21(16)26(25,24(27)35-22)8-9-30(20)13-15-2-3-15/h4-5,15,17-18,20,24,31-32H,2-3,6-14,28H2,1H3,(H,29,33)/t17-,18+,20-,24-,25-,26+,27-/m1/s1. The van der Waals surface area contributed by atoms with E-state index in [9.17, 15) is 15.0 Å². The number of ether oxygens (including phenoxy) is 2. The first-order valence-corrected chi connectivity index (χ1v) is 13.4. The van der Waals surface area contributed by atoms with Crippen LogP contribution in [0, 0.1) is 17.3 Å². The number of carbonyl (C=O) groups is 1. The van der Waals surface area contributed by atoms with Gasteiger partial charge in [-0.25, -0.2) is 0 Å². The van der Waals surface area contributed by atoms with Crippen LogP contribution < -0.4 is 15.8 Å². The summed E-state index contributed by atoms with van der Waals surface area (Å²) in [4.78, 5) is 15.3. The lowest BCUT2D eigenvalue weighted by molar-refractivity contribution is -0.276. The van der Waals surface area contributed by atoms with Crippen LogP contribution in [0.15, 0.2) is 12.1 Å². The molecule has 8 rings (SSSR count). The second kappa shape index (κ2) is 7.34. The van der Waals surface area contributed by atoms with E-state index in [1.165, 1.54) is 30.5 Å². The summed E-state index contributed by atoms with van der Waals surface area (Å²) in [6.45, 7) is 2.31. The average molecular weight is 484 g/mol. The molecule has 2 aliphatic heterocycles. The summed E-state index contributed by atoms with van der Waals surface area (Å²) in [5, 5.41) is 23.2. The van der Waals surface area contributed by atoms with Gasteiger partial charge in [0.05, 0.1) is 6.61 Å². The highest BCUT2D eigenvalue weighted by Crippen LogP contribution is 2.76. The van der Waals surface area contributed by atoms with Crippen molar-refractivity contribution in [1.29, 1.82) is 0 Å². The molecule has 190 valence electrons. The summed E-state index contributed by atoms with van der Waals surface area (Å²) in [7, 11) is 1.78. The largest absolute Gasteiger partial charge is 0.504 e. The first-order valence-electron chi connectivity index (χ1n) is 13.4. The number of phenolic OH excluding ortho intramolecular Hbond substituents is 1. The SMILES string of the molecule is CO[C@]12CC[C@@]3(C[C@@H]1CNC(=O)[C@@H](N)CO)[C@H]1Cc4ccc(O)c5c4[C@@]3(CCN1CC1CC1)[C@H]2O5. The normalized spacial score (nSPS) is 41.3. The molecule has 35 heavy (non-hydrogen) atoms. The second-order valence-corrected chi connectivity index (χ2v) is 12.1. The van der Waals surface area contributed by atoms with Crippen LogP contribution in [0.25, 0.3) is 0 Å². The molecule has 4 saturated carbocycles. The molecule has 5 aliphatic carbocycles. The van der Waals surface area contributed by atoms with E-state index in [2.05, 4.69) is 16.3 Å². The minimum atomic E-state index is -0.923. The molecule has 1 amide bonds. The van der Waals surface area contributed by atoms with Gasteiger partial charge in [0.15, 0.2) is 11.5 Å². The molecule has 5 fully saturated rings. The Morgan fingerprint density at radius 3 is 2.91 bits per heavy atom. The van der Waals surface area contributed by atoms with E-state index in [4.69, 9.17) is 15.2 Å². The van der Waals surface area contributed by atoms with Crippen LogP contribution in [0.3, 0.4) is 0 Å². The van der Waals surface area contributed by atoms with Gasteiger partial charge in [0.1, 0.15) is 17.7 Å². The molecule has 0 radical (unpaired) electrons. The summed E-state index contributed by atoms with van der Waals surface area (Å²) in [5.41, 5.74) is 7.65. The molecule has 7 aliphatic rings. The van der Waals surface area contributed by atoms with E-state index < -0.39 is 11.6 Å². The molecule has 2 spiro atoms. The monoisotopic (exact) mass is 483 g/mol. The van der Waals surface area contributed by atoms with Gasteiger partial charge < -0.3 is 30.7 Å². The third-order valence-electron chi connectivity index (χ3n) is 10.9. The lowest BCUT2D eigenvalue weighted by atomic mass is 9.35. The Balaban J connectivity index is 1.34. The fourth-order valence-corrected chi connectivity index (χ4v) is 9.23. The number of fused-ring (bicyclic) bond motifs is 2. The number of aliphatic hydroxyl groups is 1. The lowest BCUT2D eigenvalue weighted by Gasteiger charge is -2.74. The van der Waals surface area contributed by atoms with Crippen molar-refractivity contribution >= 4 is 5.91 Å². The number of nitrogens with one attached hydrogen (secondary N) is 1. The van der Waals surface area contributed by atoms with Crippen molar-refractivity contribution in [3.8, 4) is 11.5 Å². The van der Waals surface area contributed by atoms with Crippen molar-refractivity contribution in [2.24, 2.45) is 23.0 Å². The number of rotatable bonds is 7. The van der Waals surface area contributed by atoms with Crippen molar-refractivity contribution in [3.63, 3.8) is 0 Å². The highest BCUT2D eigenvalue weighted by atomic mass is 16.6. The maximum atomic E-state index is 12.5. The summed E-state index contributed by atoms with van der Waals surface area (Å²) >= 11 is 0. The van der Waals surface area contributed by atoms with Crippen LogP contribution in [0.2, 0.25) is 0 Å². The zero-order chi connectivity index (χ0) is 24.2. The van der Waals surface area contributed by atoms with Gasteiger partial charge in [0.25, 0.3) is 0 Å². The molecule has 8 nitrogen and oxygen atoms in total. The van der Waals surface area contributed by atoms with Crippen LogP contribution in [0.5, 0.6) is 11.5 Å². The Kier molecular flexibility index (Phi) is 4.68. The Hall–Kier alpha value is -1.87. The number of aromatic hydroxyl groups is 1. The second-order valence-electron chi connectivity index (χ2n) is 12.1. The number of hydrogen-bond acceptors (Lipinski definition) is 7. The average Bonchev–Trinajstić information content (AvgIpc) is 3.61. The number of nitrogens with two attached hydrogens (primary N) is 1. The van der Waals surface area contributed by atoms with Crippen LogP contribution in [-0.2, 0) is 21.4 Å². The quantitative estimate of drug-likeness (QED) is 0.458. The fraction of sp³-hybridized carbons (Fsp3) is 0.741. The summed E-state index contributed by atoms with van der Waals surface area (Å²) < 4.78 is 13.2. The first kappa shape index (κ1) is 22.3. The molecule has 5 N–H and O–H groups in total. The van der Waals surface area contributed by atoms with E-state index >= 15 is 0 Å². The molecule has 1 aromatic carbocycles. The maximum absolute atomic E-state index is 12.5. The smallest absolute Gasteiger partial charge is 0.239 e. The van der Waals surface area contributed by atoms with Gasteiger partial charge in [-0.3, -0.25) is 9.69 Å². The van der Waals surface area contributed by atoms with Gasteiger partial charge in [0, 0.05) is 48.6 Å². The Morgan fingerprint density at radius 2 is 2.17 bits per heavy atom. The molecule has 4 bridgehead atoms. The van der Waals surface area contributed by atoms with Gasteiger partial charge in [-0.05, 0) is 69.0 Å². The van der Waals surface area contributed by atoms with Crippen LogP contribution in [0.4, 0.5) is 0 Å². The molecular weight excluding hydrogens is 446 g/mol. The summed E-state index contributed by atoms with van der Waals surface area (Å²) in [6.07, 6.45) is 7.40. The third kappa shape index (κ3) is 2.64. The van der Waals surface area contributed by atoms with E-state index in [1.807, 2.05) is 0 Å². The van der Waals surface area contributed by atoms with Gasteiger partial charge in [-0.15, -0.1) is 0 Å². The fourth-order valence-electron chi connectivity index (χ4n) is 9.23. The lowest BCUT2D eigenvalue weighted by Crippen LogP contribution is -2.81. The number of phenols is 1. The number of piperidine rings is 1. The van der Waals surface area contributed by atoms with Crippen LogP contribution in [0.1, 0.15) is 49.7 Å². The van der Waals surface area contributed by atoms with Gasteiger partial charge in [0.2, 0.25) is 5.91 Å². The molecule has 0 aromatic heterocycles. The number of methoxy groups -OCH3 is 1. The number of benzene rings is 1. The zero-order valence-corrected chi connectivity index (χ0v) is 20.5. The van der Waals surface area contributed by atoms with Crippen LogP contribution in [-0.4, -0.2) is 78.2 Å². The molecule has 8 heteroatoms. The molecule has 1 aromatic rings. The summed E-state index contributed by atoms with van der Waals surface area (Å²) in [6, 6.07) is 3.43. The van der Waals surface area contributed by atoms with Crippen molar-refractivity contribution in [2.75, 3.05) is 33.4 Å². The van der Waals surface area contributed by atoms with E-state index in [0.29, 0.717) is 18.3 Å². The maximum Gasteiger partial charge on any atom is 0.239 e.